The number of anilines is 1. The molecule has 1 saturated heterocycles. The third-order valence-corrected chi connectivity index (χ3v) is 2.70. The Kier molecular flexibility index (Phi) is 2.63. The van der Waals surface area contributed by atoms with Gasteiger partial charge in [0.15, 0.2) is 5.82 Å². The van der Waals surface area contributed by atoms with Crippen LogP contribution in [0.3, 0.4) is 0 Å². The highest BCUT2D eigenvalue weighted by Crippen LogP contribution is 2.16. The van der Waals surface area contributed by atoms with Gasteiger partial charge in [-0.2, -0.15) is 5.10 Å². The normalized spacial score (nSPS) is 21.6. The van der Waals surface area contributed by atoms with Gasteiger partial charge in [-0.05, 0) is 32.5 Å². The van der Waals surface area contributed by atoms with Crippen molar-refractivity contribution in [1.29, 1.82) is 0 Å². The van der Waals surface area contributed by atoms with Crippen LogP contribution in [0.15, 0.2) is 12.1 Å². The van der Waals surface area contributed by atoms with E-state index in [0.29, 0.717) is 6.04 Å². The Hall–Kier alpha value is -1.16. The zero-order chi connectivity index (χ0) is 9.97. The summed E-state index contributed by atoms with van der Waals surface area (Å²) in [4.78, 5) is 2.27. The molecule has 4 nitrogen and oxygen atoms in total. The van der Waals surface area contributed by atoms with Crippen molar-refractivity contribution in [3.8, 4) is 0 Å². The van der Waals surface area contributed by atoms with Gasteiger partial charge >= 0.3 is 0 Å². The SMILES string of the molecule is CNC1CCN(c2ccc(C)nn2)C1. The molecule has 1 fully saturated rings. The molecule has 0 radical (unpaired) electrons. The Morgan fingerprint density at radius 2 is 2.29 bits per heavy atom. The monoisotopic (exact) mass is 192 g/mol. The maximum absolute atomic E-state index is 4.18. The molecule has 0 spiro atoms. The minimum Gasteiger partial charge on any atom is -0.354 e. The lowest BCUT2D eigenvalue weighted by Crippen LogP contribution is -2.29. The van der Waals surface area contributed by atoms with Crippen LogP contribution in [0.1, 0.15) is 12.1 Å². The molecule has 0 bridgehead atoms. The Labute approximate surface area is 84.3 Å². The van der Waals surface area contributed by atoms with E-state index in [1.165, 1.54) is 6.42 Å². The maximum atomic E-state index is 4.18. The molecule has 2 heterocycles. The third kappa shape index (κ3) is 1.85. The largest absolute Gasteiger partial charge is 0.354 e. The van der Waals surface area contributed by atoms with Gasteiger partial charge in [0, 0.05) is 19.1 Å². The number of likely N-dealkylation sites (N-methyl/N-ethyl adjacent to an activating group) is 1. The van der Waals surface area contributed by atoms with E-state index in [2.05, 4.69) is 20.4 Å². The molecule has 1 aromatic rings. The van der Waals surface area contributed by atoms with Gasteiger partial charge in [-0.3, -0.25) is 0 Å². The highest BCUT2D eigenvalue weighted by atomic mass is 15.3. The highest BCUT2D eigenvalue weighted by Gasteiger charge is 2.21. The zero-order valence-electron chi connectivity index (χ0n) is 8.70. The predicted octanol–water partition coefficient (Wildman–Crippen LogP) is 0.583. The zero-order valence-corrected chi connectivity index (χ0v) is 8.70. The molecular formula is C10H16N4. The summed E-state index contributed by atoms with van der Waals surface area (Å²) in [6, 6.07) is 4.65. The number of aryl methyl sites for hydroxylation is 1. The van der Waals surface area contributed by atoms with Crippen molar-refractivity contribution >= 4 is 5.82 Å². The van der Waals surface area contributed by atoms with Crippen molar-refractivity contribution in [2.75, 3.05) is 25.0 Å². The van der Waals surface area contributed by atoms with E-state index in [9.17, 15) is 0 Å². The van der Waals surface area contributed by atoms with Crippen molar-refractivity contribution in [3.63, 3.8) is 0 Å². The predicted molar refractivity (Wildman–Crippen MR) is 56.4 cm³/mol. The van der Waals surface area contributed by atoms with E-state index >= 15 is 0 Å². The first kappa shape index (κ1) is 9.40. The van der Waals surface area contributed by atoms with Crippen LogP contribution in [-0.4, -0.2) is 36.4 Å². The van der Waals surface area contributed by atoms with E-state index < -0.39 is 0 Å². The molecule has 76 valence electrons. The lowest BCUT2D eigenvalue weighted by atomic mass is 10.3. The van der Waals surface area contributed by atoms with E-state index in [4.69, 9.17) is 0 Å². The topological polar surface area (TPSA) is 41.0 Å². The Bertz CT molecular complexity index is 295. The summed E-state index contributed by atoms with van der Waals surface area (Å²) < 4.78 is 0. The van der Waals surface area contributed by atoms with Crippen LogP contribution >= 0.6 is 0 Å². The number of rotatable bonds is 2. The maximum Gasteiger partial charge on any atom is 0.151 e. The van der Waals surface area contributed by atoms with Gasteiger partial charge in [0.05, 0.1) is 5.69 Å². The van der Waals surface area contributed by atoms with Crippen LogP contribution < -0.4 is 10.2 Å². The van der Waals surface area contributed by atoms with Crippen LogP contribution in [0, 0.1) is 6.92 Å². The van der Waals surface area contributed by atoms with Gasteiger partial charge in [-0.1, -0.05) is 0 Å². The second-order valence-electron chi connectivity index (χ2n) is 3.75. The first-order valence-electron chi connectivity index (χ1n) is 5.02. The molecule has 0 aromatic carbocycles. The number of hydrogen-bond donors (Lipinski definition) is 1. The molecule has 1 aromatic heterocycles. The molecule has 0 saturated carbocycles. The van der Waals surface area contributed by atoms with E-state index in [1.807, 2.05) is 26.1 Å². The molecule has 1 atom stereocenters. The van der Waals surface area contributed by atoms with Crippen LogP contribution in [0.2, 0.25) is 0 Å². The first-order chi connectivity index (χ1) is 6.79. The molecule has 0 aliphatic carbocycles. The van der Waals surface area contributed by atoms with E-state index in [-0.39, 0.29) is 0 Å². The summed E-state index contributed by atoms with van der Waals surface area (Å²) in [5.41, 5.74) is 0.970. The van der Waals surface area contributed by atoms with Crippen molar-refractivity contribution in [2.45, 2.75) is 19.4 Å². The van der Waals surface area contributed by atoms with Crippen molar-refractivity contribution < 1.29 is 0 Å². The molecule has 2 rings (SSSR count). The number of nitrogens with zero attached hydrogens (tertiary/aromatic N) is 3. The van der Waals surface area contributed by atoms with Crippen molar-refractivity contribution in [1.82, 2.24) is 15.5 Å². The van der Waals surface area contributed by atoms with Crippen LogP contribution in [0.5, 0.6) is 0 Å². The van der Waals surface area contributed by atoms with Crippen molar-refractivity contribution in [2.24, 2.45) is 0 Å². The Morgan fingerprint density at radius 1 is 1.43 bits per heavy atom. The molecule has 1 aliphatic rings. The fourth-order valence-corrected chi connectivity index (χ4v) is 1.76. The minimum absolute atomic E-state index is 0.595. The average molecular weight is 192 g/mol. The number of hydrogen-bond acceptors (Lipinski definition) is 4. The Balaban J connectivity index is 2.06. The minimum atomic E-state index is 0.595. The van der Waals surface area contributed by atoms with Crippen LogP contribution in [-0.2, 0) is 0 Å². The van der Waals surface area contributed by atoms with Gasteiger partial charge < -0.3 is 10.2 Å². The van der Waals surface area contributed by atoms with E-state index in [1.54, 1.807) is 0 Å². The third-order valence-electron chi connectivity index (χ3n) is 2.70. The van der Waals surface area contributed by atoms with Gasteiger partial charge in [-0.25, -0.2) is 0 Å². The second-order valence-corrected chi connectivity index (χ2v) is 3.75. The van der Waals surface area contributed by atoms with Gasteiger partial charge in [-0.15, -0.1) is 5.10 Å². The summed E-state index contributed by atoms with van der Waals surface area (Å²) in [6.07, 6.45) is 1.19. The lowest BCUT2D eigenvalue weighted by molar-refractivity contribution is 0.616. The molecule has 0 amide bonds. The lowest BCUT2D eigenvalue weighted by Gasteiger charge is -2.16. The molecular weight excluding hydrogens is 176 g/mol. The molecule has 14 heavy (non-hydrogen) atoms. The standard InChI is InChI=1S/C10H16N4/c1-8-3-4-10(13-12-8)14-6-5-9(7-14)11-2/h3-4,9,11H,5-7H2,1-2H3. The summed E-state index contributed by atoms with van der Waals surface area (Å²) in [6.45, 7) is 4.06. The summed E-state index contributed by atoms with van der Waals surface area (Å²) >= 11 is 0. The fraction of sp³-hybridized carbons (Fsp3) is 0.600. The average Bonchev–Trinajstić information content (AvgIpc) is 2.67. The van der Waals surface area contributed by atoms with Crippen molar-refractivity contribution in [3.05, 3.63) is 17.8 Å². The van der Waals surface area contributed by atoms with Gasteiger partial charge in [0.1, 0.15) is 0 Å². The second kappa shape index (κ2) is 3.92. The molecule has 1 unspecified atom stereocenters. The molecule has 1 N–H and O–H groups in total. The number of nitrogens with one attached hydrogen (secondary N) is 1. The summed E-state index contributed by atoms with van der Waals surface area (Å²) in [7, 11) is 2.01. The highest BCUT2D eigenvalue weighted by molar-refractivity contribution is 5.38. The van der Waals surface area contributed by atoms with Crippen LogP contribution in [0.4, 0.5) is 5.82 Å². The van der Waals surface area contributed by atoms with Gasteiger partial charge in [0.25, 0.3) is 0 Å². The van der Waals surface area contributed by atoms with Gasteiger partial charge in [0.2, 0.25) is 0 Å². The molecule has 1 aliphatic heterocycles. The Morgan fingerprint density at radius 3 is 2.86 bits per heavy atom. The fourth-order valence-electron chi connectivity index (χ4n) is 1.76. The molecule has 4 heteroatoms. The smallest absolute Gasteiger partial charge is 0.151 e. The summed E-state index contributed by atoms with van der Waals surface area (Å²) in [5.74, 6) is 0.994. The summed E-state index contributed by atoms with van der Waals surface area (Å²) in [5, 5.41) is 11.5. The van der Waals surface area contributed by atoms with E-state index in [0.717, 1.165) is 24.6 Å². The quantitative estimate of drug-likeness (QED) is 0.744. The van der Waals surface area contributed by atoms with Crippen LogP contribution in [0.25, 0.3) is 0 Å². The first-order valence-corrected chi connectivity index (χ1v) is 5.02. The number of aromatic nitrogens is 2.